The molecule has 5 aromatic rings. The molecule has 2 amide bonds. The number of methoxy groups -OCH3 is 3. The summed E-state index contributed by atoms with van der Waals surface area (Å²) in [5.41, 5.74) is 0.570. The van der Waals surface area contributed by atoms with Crippen molar-refractivity contribution in [1.29, 1.82) is 0 Å². The number of hydrogen-bond acceptors (Lipinski definition) is 15. The van der Waals surface area contributed by atoms with E-state index < -0.39 is 64.3 Å². The maximum atomic E-state index is 16.3. The summed E-state index contributed by atoms with van der Waals surface area (Å²) in [5, 5.41) is 14.7. The molecule has 1 atom stereocenters. The molecule has 70 heavy (non-hydrogen) atoms. The number of piperidine rings is 1. The number of tetrazole rings is 1. The van der Waals surface area contributed by atoms with Crippen LogP contribution in [0.25, 0.3) is 11.4 Å². The number of nitrogens with zero attached hydrogens (tertiary/aromatic N) is 7. The molecule has 0 bridgehead atoms. The SMILES string of the molecule is COc1ccc(CN(Cc2ccc(OC)cc2)S(=O)(=O)c2c(S(=O)(=O)C3CN(C(=O)OC(C)(C)C)C3)ccc(N3CCC[C@@H](NC(=O)OC(C)(C)C)C3)c2-c2nnnn2Cc2ccc(OC)cc2)cc1. The molecule has 1 N–H and O–H groups in total. The molecule has 3 heterocycles. The van der Waals surface area contributed by atoms with Crippen LogP contribution in [0.1, 0.15) is 71.1 Å². The Kier molecular flexibility index (Phi) is 15.3. The van der Waals surface area contributed by atoms with E-state index in [1.54, 1.807) is 115 Å². The minimum atomic E-state index is -4.94. The zero-order valence-corrected chi connectivity index (χ0v) is 42.7. The summed E-state index contributed by atoms with van der Waals surface area (Å²) >= 11 is 0. The van der Waals surface area contributed by atoms with Gasteiger partial charge < -0.3 is 38.8 Å². The number of carbonyl (C=O) groups is 2. The number of sulfone groups is 1. The molecule has 2 aliphatic rings. The Bertz CT molecular complexity index is 2810. The van der Waals surface area contributed by atoms with Gasteiger partial charge in [0.15, 0.2) is 15.7 Å². The molecule has 1 aromatic heterocycles. The first kappa shape index (κ1) is 51.4. The molecule has 7 rings (SSSR count). The lowest BCUT2D eigenvalue weighted by molar-refractivity contribution is 0.0138. The van der Waals surface area contributed by atoms with Gasteiger partial charge in [0, 0.05) is 51.0 Å². The first-order valence-electron chi connectivity index (χ1n) is 22.9. The van der Waals surface area contributed by atoms with Crippen molar-refractivity contribution >= 4 is 37.7 Å². The van der Waals surface area contributed by atoms with E-state index in [0.717, 1.165) is 5.56 Å². The number of rotatable bonds is 16. The highest BCUT2D eigenvalue weighted by Gasteiger charge is 2.47. The summed E-state index contributed by atoms with van der Waals surface area (Å²) in [6.45, 7) is 10.2. The fraction of sp³-hybridized carbons (Fsp3) is 0.449. The fourth-order valence-corrected chi connectivity index (χ4v) is 12.3. The Morgan fingerprint density at radius 1 is 0.714 bits per heavy atom. The maximum absolute atomic E-state index is 16.3. The van der Waals surface area contributed by atoms with Crippen LogP contribution >= 0.6 is 0 Å². The molecule has 19 nitrogen and oxygen atoms in total. The monoisotopic (exact) mass is 1000 g/mol. The van der Waals surface area contributed by atoms with E-state index in [1.165, 1.54) is 34.2 Å². The lowest BCUT2D eigenvalue weighted by Gasteiger charge is -2.40. The van der Waals surface area contributed by atoms with Crippen molar-refractivity contribution in [3.63, 3.8) is 0 Å². The molecular weight excluding hydrogens is 941 g/mol. The van der Waals surface area contributed by atoms with Crippen LogP contribution in [-0.2, 0) is 49.0 Å². The summed E-state index contributed by atoms with van der Waals surface area (Å²) in [7, 11) is -4.91. The van der Waals surface area contributed by atoms with Crippen molar-refractivity contribution in [1.82, 2.24) is 34.7 Å². The van der Waals surface area contributed by atoms with E-state index in [9.17, 15) is 9.59 Å². The van der Waals surface area contributed by atoms with Gasteiger partial charge in [-0.1, -0.05) is 36.4 Å². The van der Waals surface area contributed by atoms with Gasteiger partial charge in [-0.15, -0.1) is 5.10 Å². The highest BCUT2D eigenvalue weighted by Crippen LogP contribution is 2.44. The van der Waals surface area contributed by atoms with E-state index in [1.807, 2.05) is 17.0 Å². The topological polar surface area (TPSA) is 214 Å². The number of sulfonamides is 1. The zero-order valence-electron chi connectivity index (χ0n) is 41.0. The van der Waals surface area contributed by atoms with Gasteiger partial charge in [0.05, 0.1) is 38.3 Å². The quantitative estimate of drug-likeness (QED) is 0.109. The average Bonchev–Trinajstić information content (AvgIpc) is 3.74. The lowest BCUT2D eigenvalue weighted by atomic mass is 10.0. The van der Waals surface area contributed by atoms with Gasteiger partial charge in [-0.25, -0.2) is 31.1 Å². The third-order valence-corrected chi connectivity index (χ3v) is 15.8. The van der Waals surface area contributed by atoms with Crippen molar-refractivity contribution in [2.75, 3.05) is 52.4 Å². The molecule has 2 saturated heterocycles. The molecule has 2 aliphatic heterocycles. The van der Waals surface area contributed by atoms with Crippen LogP contribution in [0.2, 0.25) is 0 Å². The number of benzene rings is 4. The Morgan fingerprint density at radius 2 is 1.24 bits per heavy atom. The van der Waals surface area contributed by atoms with Gasteiger partial charge in [0.25, 0.3) is 0 Å². The second-order valence-electron chi connectivity index (χ2n) is 19.2. The zero-order chi connectivity index (χ0) is 50.6. The number of nitrogens with one attached hydrogen (secondary N) is 1. The van der Waals surface area contributed by atoms with Crippen molar-refractivity contribution in [3.05, 3.63) is 102 Å². The second kappa shape index (κ2) is 20.9. The Hall–Kier alpha value is -6.45. The summed E-state index contributed by atoms with van der Waals surface area (Å²) in [4.78, 5) is 28.4. The number of anilines is 1. The largest absolute Gasteiger partial charge is 0.497 e. The maximum Gasteiger partial charge on any atom is 0.410 e. The van der Waals surface area contributed by atoms with E-state index in [-0.39, 0.29) is 50.7 Å². The standard InChI is InChI=1S/C49H62N8O11S2/c1-48(2,3)67-46(58)50-36-11-10-26-54(30-36)41-24-25-42(69(60,61)40-31-55(32-40)47(59)68-49(4,5)6)44(43(41)45-51-52-53-57(45)29-35-16-22-39(66-9)23-17-35)70(62,63)56(27-33-12-18-37(64-7)19-13-33)28-34-14-20-38(65-8)21-15-34/h12-25,36,40H,10-11,26-32H2,1-9H3,(H,50,58)/t36-/m1/s1. The molecule has 21 heteroatoms. The van der Waals surface area contributed by atoms with Gasteiger partial charge in [-0.2, -0.15) is 4.31 Å². The third kappa shape index (κ3) is 12.1. The molecule has 2 fully saturated rings. The summed E-state index contributed by atoms with van der Waals surface area (Å²) in [6.07, 6.45) is -0.139. The predicted molar refractivity (Wildman–Crippen MR) is 261 cm³/mol. The second-order valence-corrected chi connectivity index (χ2v) is 23.3. The number of aromatic nitrogens is 4. The number of alkyl carbamates (subject to hydrolysis) is 1. The number of likely N-dealkylation sites (tertiary alicyclic amines) is 1. The van der Waals surface area contributed by atoms with Crippen LogP contribution in [0.4, 0.5) is 15.3 Å². The third-order valence-electron chi connectivity index (χ3n) is 11.7. The van der Waals surface area contributed by atoms with E-state index in [2.05, 4.69) is 20.8 Å². The predicted octanol–water partition coefficient (Wildman–Crippen LogP) is 6.69. The van der Waals surface area contributed by atoms with Gasteiger partial charge in [-0.3, -0.25) is 0 Å². The molecule has 0 radical (unpaired) electrons. The average molecular weight is 1000 g/mol. The van der Waals surface area contributed by atoms with Crippen molar-refractivity contribution < 1.29 is 50.1 Å². The summed E-state index contributed by atoms with van der Waals surface area (Å²) < 4.78 is 93.2. The first-order chi connectivity index (χ1) is 33.1. The normalized spacial score (nSPS) is 15.8. The smallest absolute Gasteiger partial charge is 0.410 e. The van der Waals surface area contributed by atoms with Crippen LogP contribution in [0.5, 0.6) is 17.2 Å². The van der Waals surface area contributed by atoms with Gasteiger partial charge in [-0.05, 0) is 130 Å². The fourth-order valence-electron chi connectivity index (χ4n) is 8.21. The van der Waals surface area contributed by atoms with Crippen LogP contribution in [0.15, 0.2) is 94.7 Å². The molecule has 0 unspecified atom stereocenters. The minimum absolute atomic E-state index is 0.0264. The highest BCUT2D eigenvalue weighted by atomic mass is 32.2. The molecule has 4 aromatic carbocycles. The summed E-state index contributed by atoms with van der Waals surface area (Å²) in [5.74, 6) is 1.70. The van der Waals surface area contributed by atoms with Crippen molar-refractivity contribution in [2.24, 2.45) is 0 Å². The molecule has 0 spiro atoms. The van der Waals surface area contributed by atoms with E-state index in [4.69, 9.17) is 23.7 Å². The van der Waals surface area contributed by atoms with Gasteiger partial charge in [0.1, 0.15) is 38.6 Å². The van der Waals surface area contributed by atoms with E-state index >= 15 is 16.8 Å². The number of hydrogen-bond donors (Lipinski definition) is 1. The first-order valence-corrected chi connectivity index (χ1v) is 25.9. The molecular formula is C49H62N8O11S2. The van der Waals surface area contributed by atoms with Gasteiger partial charge in [0.2, 0.25) is 10.0 Å². The lowest BCUT2D eigenvalue weighted by Crippen LogP contribution is -2.57. The number of carbonyl (C=O) groups excluding carboxylic acids is 2. The van der Waals surface area contributed by atoms with Gasteiger partial charge >= 0.3 is 12.2 Å². The van der Waals surface area contributed by atoms with E-state index in [0.29, 0.717) is 53.4 Å². The van der Waals surface area contributed by atoms with Crippen LogP contribution in [0, 0.1) is 0 Å². The van der Waals surface area contributed by atoms with Crippen molar-refractivity contribution in [3.8, 4) is 28.6 Å². The minimum Gasteiger partial charge on any atom is -0.497 e. The molecule has 0 aliphatic carbocycles. The number of amides is 2. The Morgan fingerprint density at radius 3 is 1.76 bits per heavy atom. The van der Waals surface area contributed by atoms with Crippen molar-refractivity contribution in [2.45, 2.75) is 106 Å². The Labute approximate surface area is 409 Å². The highest BCUT2D eigenvalue weighted by molar-refractivity contribution is 7.94. The molecule has 0 saturated carbocycles. The van der Waals surface area contributed by atoms with Crippen LogP contribution in [0.3, 0.4) is 0 Å². The summed E-state index contributed by atoms with van der Waals surface area (Å²) in [6, 6.07) is 23.5. The van der Waals surface area contributed by atoms with Crippen LogP contribution < -0.4 is 24.4 Å². The van der Waals surface area contributed by atoms with Crippen LogP contribution in [-0.4, -0.2) is 128 Å². The number of ether oxygens (including phenoxy) is 5. The Balaban J connectivity index is 1.45. The molecule has 376 valence electrons.